The van der Waals surface area contributed by atoms with Gasteiger partial charge in [-0.25, -0.2) is 4.79 Å². The predicted octanol–water partition coefficient (Wildman–Crippen LogP) is 8.61. The Kier molecular flexibility index (Phi) is 14.0. The molecule has 0 amide bonds. The van der Waals surface area contributed by atoms with E-state index in [1.165, 1.54) is 19.3 Å². The average Bonchev–Trinajstić information content (AvgIpc) is 2.90. The Bertz CT molecular complexity index is 940. The zero-order valence-electron chi connectivity index (χ0n) is 20.8. The number of aliphatic hydroxyl groups is 1. The first-order chi connectivity index (χ1) is 17.5. The van der Waals surface area contributed by atoms with Crippen molar-refractivity contribution < 1.29 is 23.7 Å². The average molecular weight is 586 g/mol. The highest BCUT2D eigenvalue weighted by Crippen LogP contribution is 2.73. The molecule has 1 N–H and O–H groups in total. The van der Waals surface area contributed by atoms with E-state index in [9.17, 15) is 14.5 Å². The van der Waals surface area contributed by atoms with Crippen LogP contribution in [0.15, 0.2) is 60.7 Å². The molecule has 198 valence electrons. The summed E-state index contributed by atoms with van der Waals surface area (Å²) >= 11 is 0. The third-order valence-corrected chi connectivity index (χ3v) is 21.3. The molecule has 0 radical (unpaired) electrons. The summed E-state index contributed by atoms with van der Waals surface area (Å²) in [7, 11) is -0.313. The molecule has 36 heavy (non-hydrogen) atoms. The molecule has 1 aliphatic rings. The van der Waals surface area contributed by atoms with Gasteiger partial charge in [-0.15, -0.1) is 8.93 Å². The number of hydrogen-bond acceptors (Lipinski definition) is 5. The lowest BCUT2D eigenvalue weighted by molar-refractivity contribution is 0.168. The highest BCUT2D eigenvalue weighted by Gasteiger charge is 2.31. The van der Waals surface area contributed by atoms with Crippen LogP contribution in [0, 0.1) is 5.92 Å². The van der Waals surface area contributed by atoms with Gasteiger partial charge in [0.15, 0.2) is 0 Å². The molecule has 1 fully saturated rings. The highest BCUT2D eigenvalue weighted by molar-refractivity contribution is 8.68. The van der Waals surface area contributed by atoms with E-state index in [0.717, 1.165) is 30.1 Å². The number of ether oxygens (including phenoxy) is 1. The van der Waals surface area contributed by atoms with Crippen molar-refractivity contribution >= 4 is 45.5 Å². The van der Waals surface area contributed by atoms with Gasteiger partial charge in [-0.2, -0.15) is 0 Å². The molecule has 0 bridgehead atoms. The maximum atomic E-state index is 13.9. The molecule has 5 nitrogen and oxygen atoms in total. The van der Waals surface area contributed by atoms with Crippen molar-refractivity contribution in [2.45, 2.75) is 57.8 Å². The zero-order chi connectivity index (χ0) is 25.6. The van der Waals surface area contributed by atoms with Crippen LogP contribution in [0.5, 0.6) is 0 Å². The Labute approximate surface area is 222 Å². The van der Waals surface area contributed by atoms with E-state index >= 15 is 0 Å². The van der Waals surface area contributed by atoms with Gasteiger partial charge in [0.05, 0.1) is 26.2 Å². The molecule has 1 aliphatic carbocycles. The van der Waals surface area contributed by atoms with E-state index < -0.39 is 20.8 Å². The van der Waals surface area contributed by atoms with Gasteiger partial charge in [0, 0.05) is 6.16 Å². The molecule has 2 aromatic rings. The Hall–Kier alpha value is -0.220. The monoisotopic (exact) mass is 586 g/mol. The van der Waals surface area contributed by atoms with Gasteiger partial charge >= 0.3 is 5.71 Å². The number of carbonyl (C=O) groups excluding carboxylic acids is 1. The second kappa shape index (κ2) is 16.7. The van der Waals surface area contributed by atoms with Gasteiger partial charge in [0.1, 0.15) is 6.61 Å². The van der Waals surface area contributed by atoms with Crippen molar-refractivity contribution in [3.05, 3.63) is 71.8 Å². The number of hydrogen-bond donors (Lipinski definition) is 1. The van der Waals surface area contributed by atoms with Crippen LogP contribution in [0.4, 0.5) is 4.79 Å². The maximum Gasteiger partial charge on any atom is 0.335 e. The molecule has 2 aromatic carbocycles. The number of rotatable bonds is 15. The van der Waals surface area contributed by atoms with Crippen LogP contribution in [0.1, 0.15) is 49.7 Å². The highest BCUT2D eigenvalue weighted by atomic mass is 32.6. The van der Waals surface area contributed by atoms with Gasteiger partial charge < -0.3 is 14.4 Å². The minimum atomic E-state index is -2.98. The Morgan fingerprint density at radius 3 is 2.25 bits per heavy atom. The van der Waals surface area contributed by atoms with Gasteiger partial charge in [0.25, 0.3) is 0 Å². The summed E-state index contributed by atoms with van der Waals surface area (Å²) in [6.07, 6.45) is 7.15. The van der Waals surface area contributed by atoms with Crippen LogP contribution in [0.3, 0.4) is 0 Å². The first-order valence-corrected chi connectivity index (χ1v) is 21.7. The van der Waals surface area contributed by atoms with E-state index in [1.807, 2.05) is 60.7 Å². The van der Waals surface area contributed by atoms with Gasteiger partial charge in [-0.3, -0.25) is 4.57 Å². The van der Waals surface area contributed by atoms with Crippen LogP contribution < -0.4 is 0 Å². The first kappa shape index (κ1) is 30.3. The maximum absolute atomic E-state index is 13.9. The van der Waals surface area contributed by atoms with E-state index in [2.05, 4.69) is 8.93 Å². The SMILES string of the molecule is O=C(OCc1ccccc1)P(PP)PCC[C@@H](O)CP(=O)(CC1CCCCC1)OCc1ccccc1. The molecular weight excluding hydrogens is 547 g/mol. The topological polar surface area (TPSA) is 72.8 Å². The fraction of sp³-hybridized carbons (Fsp3) is 0.500. The summed E-state index contributed by atoms with van der Waals surface area (Å²) < 4.78 is 25.5. The molecular formula is C26H39O5P5. The molecule has 5 unspecified atom stereocenters. The summed E-state index contributed by atoms with van der Waals surface area (Å²) in [5, 5.41) is 10.8. The second-order valence-electron chi connectivity index (χ2n) is 9.30. The Balaban J connectivity index is 1.48. The third-order valence-electron chi connectivity index (χ3n) is 6.32. The smallest absolute Gasteiger partial charge is 0.335 e. The summed E-state index contributed by atoms with van der Waals surface area (Å²) in [5.74, 6) is 0.417. The molecule has 3 rings (SSSR count). The fourth-order valence-electron chi connectivity index (χ4n) is 4.41. The number of aliphatic hydroxyl groups excluding tert-OH is 1. The molecule has 0 aromatic heterocycles. The zero-order valence-corrected chi connectivity index (χ0v) is 25.7. The molecule has 0 aliphatic heterocycles. The van der Waals surface area contributed by atoms with Crippen LogP contribution in [-0.4, -0.2) is 35.4 Å². The van der Waals surface area contributed by atoms with Crippen LogP contribution in [0.2, 0.25) is 0 Å². The minimum absolute atomic E-state index is 0.121. The molecule has 10 heteroatoms. The summed E-state index contributed by atoms with van der Waals surface area (Å²) in [4.78, 5) is 12.6. The van der Waals surface area contributed by atoms with Crippen molar-refractivity contribution in [2.24, 2.45) is 5.92 Å². The van der Waals surface area contributed by atoms with Gasteiger partial charge in [-0.1, -0.05) is 96.2 Å². The Morgan fingerprint density at radius 2 is 1.64 bits per heavy atom. The Morgan fingerprint density at radius 1 is 1.03 bits per heavy atom. The standard InChI is InChI=1S/C26H39O5P5/c27-25(16-17-33-35(34-32)26(28)30-18-22-10-4-1-5-11-22)21-36(29,20-24-14-8-3-9-15-24)31-19-23-12-6-2-7-13-23/h1-2,4-7,10-13,24-25,27,33-34H,3,8-9,14-21,32H2/t25-,35?,36?/m1/s1. The molecule has 6 atom stereocenters. The number of benzene rings is 2. The van der Waals surface area contributed by atoms with Crippen LogP contribution in [-0.2, 0) is 27.0 Å². The molecule has 0 heterocycles. The molecule has 1 saturated carbocycles. The van der Waals surface area contributed by atoms with Crippen LogP contribution >= 0.6 is 39.8 Å². The number of carbonyl (C=O) groups is 1. The lowest BCUT2D eigenvalue weighted by Crippen LogP contribution is -2.20. The first-order valence-electron chi connectivity index (χ1n) is 12.6. The predicted molar refractivity (Wildman–Crippen MR) is 161 cm³/mol. The van der Waals surface area contributed by atoms with Crippen molar-refractivity contribution in [2.75, 3.05) is 18.5 Å². The third kappa shape index (κ3) is 11.3. The molecule has 0 spiro atoms. The lowest BCUT2D eigenvalue weighted by atomic mass is 9.91. The molecule has 0 saturated heterocycles. The largest absolute Gasteiger partial charge is 0.457 e. The lowest BCUT2D eigenvalue weighted by Gasteiger charge is -2.28. The quantitative estimate of drug-likeness (QED) is 0.212. The van der Waals surface area contributed by atoms with Gasteiger partial charge in [-0.05, 0) is 42.5 Å². The fourth-order valence-corrected chi connectivity index (χ4v) is 16.0. The van der Waals surface area contributed by atoms with Crippen LogP contribution in [0.25, 0.3) is 0 Å². The van der Waals surface area contributed by atoms with Crippen molar-refractivity contribution in [1.82, 2.24) is 0 Å². The van der Waals surface area contributed by atoms with Crippen molar-refractivity contribution in [3.8, 4) is 0 Å². The van der Waals surface area contributed by atoms with Gasteiger partial charge in [0.2, 0.25) is 7.37 Å². The van der Waals surface area contributed by atoms with E-state index in [-0.39, 0.29) is 11.9 Å². The van der Waals surface area contributed by atoms with Crippen molar-refractivity contribution in [3.63, 3.8) is 0 Å². The summed E-state index contributed by atoms with van der Waals surface area (Å²) in [5.41, 5.74) is 1.86. The normalized spacial score (nSPS) is 18.4. The van der Waals surface area contributed by atoms with E-state index in [0.29, 0.717) is 47.9 Å². The summed E-state index contributed by atoms with van der Waals surface area (Å²) in [6, 6.07) is 19.5. The van der Waals surface area contributed by atoms with Crippen molar-refractivity contribution in [1.29, 1.82) is 0 Å². The summed E-state index contributed by atoms with van der Waals surface area (Å²) in [6.45, 7) is 0.607. The minimum Gasteiger partial charge on any atom is -0.457 e. The van der Waals surface area contributed by atoms with E-state index in [1.54, 1.807) is 0 Å². The second-order valence-corrected chi connectivity index (χ2v) is 22.1. The van der Waals surface area contributed by atoms with E-state index in [4.69, 9.17) is 9.26 Å².